The van der Waals surface area contributed by atoms with E-state index < -0.39 is 17.9 Å². The van der Waals surface area contributed by atoms with E-state index in [0.29, 0.717) is 5.56 Å². The second-order valence-electron chi connectivity index (χ2n) is 4.03. The van der Waals surface area contributed by atoms with Gasteiger partial charge in [0.15, 0.2) is 11.7 Å². The van der Waals surface area contributed by atoms with E-state index in [4.69, 9.17) is 5.73 Å². The smallest absolute Gasteiger partial charge is 0.330 e. The summed E-state index contributed by atoms with van der Waals surface area (Å²) >= 11 is 0. The van der Waals surface area contributed by atoms with Crippen molar-refractivity contribution in [3.63, 3.8) is 0 Å². The minimum absolute atomic E-state index is 0.00352. The van der Waals surface area contributed by atoms with Crippen LogP contribution in [0.5, 0.6) is 0 Å². The second-order valence-corrected chi connectivity index (χ2v) is 4.03. The number of carbonyl (C=O) groups is 2. The van der Waals surface area contributed by atoms with E-state index in [2.05, 4.69) is 20.6 Å². The van der Waals surface area contributed by atoms with Gasteiger partial charge in [0.2, 0.25) is 0 Å². The summed E-state index contributed by atoms with van der Waals surface area (Å²) in [4.78, 5) is 22.1. The molecule has 0 aliphatic heterocycles. The Morgan fingerprint density at radius 2 is 2.15 bits per heavy atom. The molecule has 9 heteroatoms. The van der Waals surface area contributed by atoms with Gasteiger partial charge in [-0.3, -0.25) is 9.48 Å². The third-order valence-electron chi connectivity index (χ3n) is 2.51. The van der Waals surface area contributed by atoms with Gasteiger partial charge >= 0.3 is 5.97 Å². The lowest BCUT2D eigenvalue weighted by atomic mass is 10.1. The van der Waals surface area contributed by atoms with Crippen molar-refractivity contribution in [2.75, 3.05) is 5.32 Å². The van der Waals surface area contributed by atoms with Crippen molar-refractivity contribution in [2.24, 2.45) is 12.8 Å². The van der Waals surface area contributed by atoms with Crippen LogP contribution >= 0.6 is 0 Å². The summed E-state index contributed by atoms with van der Waals surface area (Å²) in [7, 11) is 1.68. The second kappa shape index (κ2) is 5.34. The van der Waals surface area contributed by atoms with Crippen LogP contribution in [0.2, 0.25) is 0 Å². The molecule has 0 aliphatic carbocycles. The lowest BCUT2D eigenvalue weighted by molar-refractivity contribution is -0.138. The van der Waals surface area contributed by atoms with Crippen LogP contribution in [0.25, 0.3) is 0 Å². The Bertz CT molecular complexity index is 636. The van der Waals surface area contributed by atoms with E-state index in [9.17, 15) is 14.7 Å². The zero-order valence-electron chi connectivity index (χ0n) is 10.5. The fraction of sp³-hybridized carbons (Fsp3) is 0.182. The number of primary amides is 1. The highest BCUT2D eigenvalue weighted by molar-refractivity contribution is 5.90. The molecular formula is C11H12N6O3. The van der Waals surface area contributed by atoms with Crippen LogP contribution in [-0.2, 0) is 11.8 Å². The van der Waals surface area contributed by atoms with Crippen LogP contribution in [0.15, 0.2) is 24.5 Å². The molecule has 1 atom stereocenters. The molecule has 0 bridgehead atoms. The monoisotopic (exact) mass is 276 g/mol. The number of aryl methyl sites for hydroxylation is 1. The third-order valence-corrected chi connectivity index (χ3v) is 2.51. The largest absolute Gasteiger partial charge is 0.479 e. The summed E-state index contributed by atoms with van der Waals surface area (Å²) in [5.41, 5.74) is 5.52. The summed E-state index contributed by atoms with van der Waals surface area (Å²) < 4.78 is 1.49. The fourth-order valence-corrected chi connectivity index (χ4v) is 1.57. The molecule has 20 heavy (non-hydrogen) atoms. The molecule has 1 unspecified atom stereocenters. The average Bonchev–Trinajstić information content (AvgIpc) is 2.82. The Labute approximate surface area is 113 Å². The lowest BCUT2D eigenvalue weighted by Gasteiger charge is -2.12. The fourth-order valence-electron chi connectivity index (χ4n) is 1.57. The van der Waals surface area contributed by atoms with Crippen molar-refractivity contribution in [1.29, 1.82) is 0 Å². The van der Waals surface area contributed by atoms with Crippen LogP contribution in [0.3, 0.4) is 0 Å². The maximum atomic E-state index is 11.3. The number of carbonyl (C=O) groups excluding carboxylic acids is 1. The average molecular weight is 276 g/mol. The first-order valence-electron chi connectivity index (χ1n) is 5.59. The maximum absolute atomic E-state index is 11.3. The van der Waals surface area contributed by atoms with Crippen LogP contribution in [0.1, 0.15) is 22.1 Å². The summed E-state index contributed by atoms with van der Waals surface area (Å²) in [5, 5.41) is 23.1. The van der Waals surface area contributed by atoms with Gasteiger partial charge in [-0.2, -0.15) is 5.10 Å². The summed E-state index contributed by atoms with van der Waals surface area (Å²) in [6, 6.07) is 1.77. The Balaban J connectivity index is 2.20. The van der Waals surface area contributed by atoms with E-state index in [0.717, 1.165) is 0 Å². The standard InChI is InChI=1S/C11H12N6O3/c1-17-5-6(4-13-17)9(11(19)20)14-8-3-2-7(10(12)18)15-16-8/h2-5,9H,1H3,(H2,12,18)(H,14,16)(H,19,20). The van der Waals surface area contributed by atoms with E-state index in [1.54, 1.807) is 13.2 Å². The number of carboxylic acid groups (broad SMARTS) is 1. The molecule has 2 rings (SSSR count). The van der Waals surface area contributed by atoms with Gasteiger partial charge < -0.3 is 16.2 Å². The highest BCUT2D eigenvalue weighted by Gasteiger charge is 2.21. The van der Waals surface area contributed by atoms with Gasteiger partial charge in [0.1, 0.15) is 5.82 Å². The molecule has 2 heterocycles. The molecule has 0 saturated heterocycles. The molecule has 0 aromatic carbocycles. The van der Waals surface area contributed by atoms with Crippen molar-refractivity contribution in [3.05, 3.63) is 35.8 Å². The van der Waals surface area contributed by atoms with Crippen LogP contribution in [-0.4, -0.2) is 37.0 Å². The first-order valence-corrected chi connectivity index (χ1v) is 5.59. The minimum Gasteiger partial charge on any atom is -0.479 e. The molecule has 0 spiro atoms. The summed E-state index contributed by atoms with van der Waals surface area (Å²) in [6.45, 7) is 0. The number of amides is 1. The van der Waals surface area contributed by atoms with Gasteiger partial charge in [-0.05, 0) is 12.1 Å². The third kappa shape index (κ3) is 2.88. The van der Waals surface area contributed by atoms with Crippen molar-refractivity contribution in [1.82, 2.24) is 20.0 Å². The topological polar surface area (TPSA) is 136 Å². The number of rotatable bonds is 5. The maximum Gasteiger partial charge on any atom is 0.330 e. The molecule has 0 radical (unpaired) electrons. The molecule has 0 saturated carbocycles. The number of nitrogens with two attached hydrogens (primary N) is 1. The molecule has 1 amide bonds. The highest BCUT2D eigenvalue weighted by Crippen LogP contribution is 2.17. The number of aromatic nitrogens is 4. The number of nitrogens with one attached hydrogen (secondary N) is 1. The van der Waals surface area contributed by atoms with Gasteiger partial charge in [-0.15, -0.1) is 10.2 Å². The Morgan fingerprint density at radius 3 is 2.60 bits per heavy atom. The van der Waals surface area contributed by atoms with Crippen molar-refractivity contribution >= 4 is 17.7 Å². The van der Waals surface area contributed by atoms with E-state index in [-0.39, 0.29) is 11.5 Å². The van der Waals surface area contributed by atoms with Crippen LogP contribution in [0, 0.1) is 0 Å². The number of hydrogen-bond acceptors (Lipinski definition) is 6. The van der Waals surface area contributed by atoms with Crippen molar-refractivity contribution < 1.29 is 14.7 Å². The quantitative estimate of drug-likeness (QED) is 0.672. The zero-order valence-corrected chi connectivity index (χ0v) is 10.5. The van der Waals surface area contributed by atoms with Crippen molar-refractivity contribution in [2.45, 2.75) is 6.04 Å². The Kier molecular flexibility index (Phi) is 3.60. The normalized spacial score (nSPS) is 11.8. The van der Waals surface area contributed by atoms with Gasteiger partial charge in [0, 0.05) is 18.8 Å². The predicted molar refractivity (Wildman–Crippen MR) is 67.8 cm³/mol. The van der Waals surface area contributed by atoms with Crippen molar-refractivity contribution in [3.8, 4) is 0 Å². The first-order chi connectivity index (χ1) is 9.47. The molecule has 0 fully saturated rings. The first kappa shape index (κ1) is 13.5. The Morgan fingerprint density at radius 1 is 1.40 bits per heavy atom. The number of nitrogens with zero attached hydrogens (tertiary/aromatic N) is 4. The molecule has 9 nitrogen and oxygen atoms in total. The molecule has 0 aliphatic rings. The van der Waals surface area contributed by atoms with Crippen LogP contribution < -0.4 is 11.1 Å². The number of anilines is 1. The van der Waals surface area contributed by atoms with Gasteiger partial charge in [-0.1, -0.05) is 0 Å². The molecule has 2 aromatic rings. The Hall–Kier alpha value is -2.97. The molecular weight excluding hydrogens is 264 g/mol. The SMILES string of the molecule is Cn1cc(C(Nc2ccc(C(N)=O)nn2)C(=O)O)cn1. The molecule has 104 valence electrons. The van der Waals surface area contributed by atoms with Gasteiger partial charge in [0.05, 0.1) is 6.20 Å². The lowest BCUT2D eigenvalue weighted by Crippen LogP contribution is -2.21. The van der Waals surface area contributed by atoms with Crippen LogP contribution in [0.4, 0.5) is 5.82 Å². The van der Waals surface area contributed by atoms with Gasteiger partial charge in [-0.25, -0.2) is 4.79 Å². The highest BCUT2D eigenvalue weighted by atomic mass is 16.4. The predicted octanol–water partition coefficient (Wildman–Crippen LogP) is -0.453. The number of carboxylic acids is 1. The van der Waals surface area contributed by atoms with E-state index >= 15 is 0 Å². The number of aliphatic carboxylic acids is 1. The summed E-state index contributed by atoms with van der Waals surface area (Å²) in [5.74, 6) is -1.57. The minimum atomic E-state index is -1.08. The number of hydrogen-bond donors (Lipinski definition) is 3. The van der Waals surface area contributed by atoms with E-state index in [1.165, 1.54) is 23.0 Å². The molecule has 2 aromatic heterocycles. The van der Waals surface area contributed by atoms with Gasteiger partial charge in [0.25, 0.3) is 5.91 Å². The zero-order chi connectivity index (χ0) is 14.7. The molecule has 4 N–H and O–H groups in total. The van der Waals surface area contributed by atoms with E-state index in [1.807, 2.05) is 0 Å². The summed E-state index contributed by atoms with van der Waals surface area (Å²) in [6.07, 6.45) is 3.02.